The quantitative estimate of drug-likeness (QED) is 0.549. The van der Waals surface area contributed by atoms with Gasteiger partial charge in [0.25, 0.3) is 10.1 Å². The minimum Gasteiger partial charge on any atom is -0.484 e. The van der Waals surface area contributed by atoms with Gasteiger partial charge in [0.15, 0.2) is 11.6 Å². The lowest BCUT2D eigenvalue weighted by molar-refractivity contribution is -0.153. The van der Waals surface area contributed by atoms with Crippen molar-refractivity contribution in [2.45, 2.75) is 21.0 Å². The number of nitrogens with one attached hydrogen (secondary N) is 1. The maximum atomic E-state index is 12.8. The Labute approximate surface area is 169 Å². The molecule has 0 bridgehead atoms. The molecule has 3 aromatic rings. The largest absolute Gasteiger partial charge is 0.484 e. The summed E-state index contributed by atoms with van der Waals surface area (Å²) in [7, 11) is -9.37. The lowest BCUT2D eigenvalue weighted by atomic mass is 10.2. The maximum Gasteiger partial charge on any atom is 0.422 e. The topological polar surface area (TPSA) is 114 Å². The van der Waals surface area contributed by atoms with Crippen molar-refractivity contribution in [2.24, 2.45) is 0 Å². The van der Waals surface area contributed by atoms with Crippen molar-refractivity contribution >= 4 is 43.3 Å². The predicted molar refractivity (Wildman–Crippen MR) is 98.8 cm³/mol. The van der Waals surface area contributed by atoms with Crippen LogP contribution in [0.25, 0.3) is 10.9 Å². The van der Waals surface area contributed by atoms with Crippen molar-refractivity contribution in [1.82, 2.24) is 4.98 Å². The highest BCUT2D eigenvalue weighted by molar-refractivity contribution is 7.92. The third-order valence-corrected chi connectivity index (χ3v) is 6.48. The van der Waals surface area contributed by atoms with E-state index in [9.17, 15) is 34.6 Å². The van der Waals surface area contributed by atoms with Crippen LogP contribution >= 0.6 is 12.4 Å². The summed E-state index contributed by atoms with van der Waals surface area (Å²) in [6, 6.07) is 9.95. The van der Waals surface area contributed by atoms with Crippen molar-refractivity contribution in [3.63, 3.8) is 0 Å². The van der Waals surface area contributed by atoms with Gasteiger partial charge in [-0.1, -0.05) is 18.2 Å². The SMILES string of the molecule is Cl.O=S(=O)(O)c1c(S(=O)(=O)c2ccccc2)[nH]c2cc(OCC(F)(F)F)ccc12. The molecule has 2 N–H and O–H groups in total. The fourth-order valence-electron chi connectivity index (χ4n) is 2.54. The Hall–Kier alpha value is -2.28. The number of aromatic amines is 1. The predicted octanol–water partition coefficient (Wildman–Crippen LogP) is 3.61. The molecule has 0 unspecified atom stereocenters. The Morgan fingerprint density at radius 3 is 2.17 bits per heavy atom. The van der Waals surface area contributed by atoms with Gasteiger partial charge in [0.2, 0.25) is 9.84 Å². The van der Waals surface area contributed by atoms with Crippen LogP contribution in [-0.4, -0.2) is 39.2 Å². The zero-order chi connectivity index (χ0) is 20.7. The zero-order valence-electron chi connectivity index (χ0n) is 14.2. The number of hydrogen-bond acceptors (Lipinski definition) is 5. The summed E-state index contributed by atoms with van der Waals surface area (Å²) < 4.78 is 100. The number of H-pyrrole nitrogens is 1. The van der Waals surface area contributed by atoms with E-state index in [-0.39, 0.29) is 34.0 Å². The molecule has 2 aromatic carbocycles. The molecule has 1 aromatic heterocycles. The molecule has 0 radical (unpaired) electrons. The van der Waals surface area contributed by atoms with Crippen molar-refractivity contribution in [2.75, 3.05) is 6.61 Å². The molecule has 13 heteroatoms. The first kappa shape index (κ1) is 23.0. The van der Waals surface area contributed by atoms with Crippen LogP contribution in [0.5, 0.6) is 5.75 Å². The molecule has 0 aliphatic rings. The van der Waals surface area contributed by atoms with Crippen molar-refractivity contribution in [3.05, 3.63) is 48.5 Å². The van der Waals surface area contributed by atoms with Crippen molar-refractivity contribution in [1.29, 1.82) is 0 Å². The molecule has 0 amide bonds. The van der Waals surface area contributed by atoms with Crippen LogP contribution in [0.3, 0.4) is 0 Å². The van der Waals surface area contributed by atoms with E-state index in [0.717, 1.165) is 18.2 Å². The minimum atomic E-state index is -4.99. The zero-order valence-corrected chi connectivity index (χ0v) is 16.6. The molecule has 1 heterocycles. The number of benzene rings is 2. The van der Waals surface area contributed by atoms with Crippen molar-refractivity contribution < 1.29 is 39.3 Å². The lowest BCUT2D eigenvalue weighted by Gasteiger charge is -2.08. The summed E-state index contributed by atoms with van der Waals surface area (Å²) in [5, 5.41) is -1.01. The Balaban J connectivity index is 0.00000300. The van der Waals surface area contributed by atoms with Crippen LogP contribution < -0.4 is 4.74 Å². The minimum absolute atomic E-state index is 0. The first-order chi connectivity index (χ1) is 12.9. The first-order valence-electron chi connectivity index (χ1n) is 7.52. The van der Waals surface area contributed by atoms with Crippen LogP contribution in [0.15, 0.2) is 63.3 Å². The molecule has 0 atom stereocenters. The van der Waals surface area contributed by atoms with E-state index in [0.29, 0.717) is 0 Å². The monoisotopic (exact) mass is 471 g/mol. The lowest BCUT2D eigenvalue weighted by Crippen LogP contribution is -2.19. The standard InChI is InChI=1S/C16H12F3NO6S2.ClH/c17-16(18,19)9-26-10-6-7-12-13(8-10)20-15(14(12)28(23,24)25)27(21,22)11-4-2-1-3-5-11;/h1-8,20H,9H2,(H,23,24,25);1H. The second-order valence-corrected chi connectivity index (χ2v) is 8.93. The van der Waals surface area contributed by atoms with Gasteiger partial charge in [0.05, 0.1) is 10.4 Å². The molecule has 29 heavy (non-hydrogen) atoms. The van der Waals surface area contributed by atoms with E-state index in [2.05, 4.69) is 9.72 Å². The average molecular weight is 472 g/mol. The van der Waals surface area contributed by atoms with Crippen LogP contribution in [0.2, 0.25) is 0 Å². The Bertz CT molecular complexity index is 1240. The summed E-state index contributed by atoms with van der Waals surface area (Å²) in [6.45, 7) is -1.58. The van der Waals surface area contributed by atoms with Gasteiger partial charge in [-0.25, -0.2) is 8.42 Å². The van der Waals surface area contributed by atoms with Gasteiger partial charge in [0.1, 0.15) is 10.6 Å². The summed E-state index contributed by atoms with van der Waals surface area (Å²) in [5.41, 5.74) is -0.137. The average Bonchev–Trinajstić information content (AvgIpc) is 3.00. The number of rotatable bonds is 5. The number of aromatic nitrogens is 1. The highest BCUT2D eigenvalue weighted by atomic mass is 35.5. The maximum absolute atomic E-state index is 12.8. The molecule has 0 saturated heterocycles. The fraction of sp³-hybridized carbons (Fsp3) is 0.125. The molecule has 0 fully saturated rings. The van der Waals surface area contributed by atoms with Crippen LogP contribution in [0.4, 0.5) is 13.2 Å². The molecule has 3 rings (SSSR count). The third-order valence-electron chi connectivity index (χ3n) is 3.67. The second-order valence-electron chi connectivity index (χ2n) is 5.69. The van der Waals surface area contributed by atoms with E-state index in [1.54, 1.807) is 6.07 Å². The van der Waals surface area contributed by atoms with E-state index in [1.165, 1.54) is 24.3 Å². The Kier molecular flexibility index (Phi) is 6.23. The van der Waals surface area contributed by atoms with E-state index < -0.39 is 42.7 Å². The molecule has 0 saturated carbocycles. The van der Waals surface area contributed by atoms with Crippen LogP contribution in [0.1, 0.15) is 0 Å². The molecular weight excluding hydrogens is 459 g/mol. The number of fused-ring (bicyclic) bond motifs is 1. The van der Waals surface area contributed by atoms with Gasteiger partial charge in [-0.15, -0.1) is 12.4 Å². The fourth-order valence-corrected chi connectivity index (χ4v) is 5.28. The second kappa shape index (κ2) is 7.86. The van der Waals surface area contributed by atoms with Gasteiger partial charge in [0, 0.05) is 11.5 Å². The number of alkyl halides is 3. The molecular formula is C16H13ClF3NO6S2. The first-order valence-corrected chi connectivity index (χ1v) is 10.4. The summed E-state index contributed by atoms with van der Waals surface area (Å²) in [5.74, 6) is -0.267. The van der Waals surface area contributed by atoms with Gasteiger partial charge in [-0.2, -0.15) is 21.6 Å². The number of ether oxygens (including phenoxy) is 1. The smallest absolute Gasteiger partial charge is 0.422 e. The number of sulfone groups is 1. The Morgan fingerprint density at radius 1 is 1.00 bits per heavy atom. The number of halogens is 4. The van der Waals surface area contributed by atoms with E-state index in [1.807, 2.05) is 0 Å². The van der Waals surface area contributed by atoms with Crippen molar-refractivity contribution in [3.8, 4) is 5.75 Å². The van der Waals surface area contributed by atoms with Crippen LogP contribution in [-0.2, 0) is 20.0 Å². The van der Waals surface area contributed by atoms with E-state index in [4.69, 9.17) is 0 Å². The van der Waals surface area contributed by atoms with Gasteiger partial charge in [-0.3, -0.25) is 4.55 Å². The van der Waals surface area contributed by atoms with E-state index >= 15 is 0 Å². The van der Waals surface area contributed by atoms with Gasteiger partial charge < -0.3 is 9.72 Å². The highest BCUT2D eigenvalue weighted by Crippen LogP contribution is 2.35. The third kappa shape index (κ3) is 4.83. The number of hydrogen-bond donors (Lipinski definition) is 2. The molecule has 0 spiro atoms. The molecule has 0 aliphatic carbocycles. The van der Waals surface area contributed by atoms with Crippen LogP contribution in [0, 0.1) is 0 Å². The normalized spacial score (nSPS) is 12.6. The summed E-state index contributed by atoms with van der Waals surface area (Å²) >= 11 is 0. The Morgan fingerprint density at radius 2 is 1.62 bits per heavy atom. The van der Waals surface area contributed by atoms with Gasteiger partial charge in [-0.05, 0) is 24.3 Å². The molecule has 158 valence electrons. The summed E-state index contributed by atoms with van der Waals surface area (Å²) in [6.07, 6.45) is -4.59. The summed E-state index contributed by atoms with van der Waals surface area (Å²) in [4.78, 5) is 1.23. The highest BCUT2D eigenvalue weighted by Gasteiger charge is 2.32. The molecule has 0 aliphatic heterocycles. The van der Waals surface area contributed by atoms with Gasteiger partial charge >= 0.3 is 6.18 Å². The molecule has 7 nitrogen and oxygen atoms in total.